The molecule has 0 fully saturated rings. The molecule has 0 rings (SSSR count). The fraction of sp³-hybridized carbons (Fsp3) is 1.00. The third-order valence-corrected chi connectivity index (χ3v) is 0. The molecule has 0 aliphatic rings. The largest absolute Gasteiger partial charge is 0.748 e. The molecule has 0 atom stereocenters. The Morgan fingerprint density at radius 1 is 0.562 bits per heavy atom. The van der Waals surface area contributed by atoms with Crippen molar-refractivity contribution in [3.8, 4) is 0 Å². The van der Waals surface area contributed by atoms with Crippen LogP contribution in [0.4, 0.5) is 0 Å². The van der Waals surface area contributed by atoms with Gasteiger partial charge < -0.3 is 13.7 Å². The normalized spacial score (nSPS) is 10.9. The van der Waals surface area contributed by atoms with Crippen molar-refractivity contribution in [3.05, 3.63) is 0 Å². The Kier molecular flexibility index (Phi) is 15.0. The van der Waals surface area contributed by atoms with Crippen LogP contribution in [0, 0.1) is 0 Å². The van der Waals surface area contributed by atoms with Crippen LogP contribution >= 0.6 is 0 Å². The average molecular weight is 393 g/mol. The van der Waals surface area contributed by atoms with E-state index in [4.69, 9.17) is 38.9 Å². The molecule has 107 valence electrons. The Balaban J connectivity index is -0.0000000655. The maximum Gasteiger partial charge on any atom is 0.0916 e. The van der Waals surface area contributed by atoms with Gasteiger partial charge in [0.15, 0.2) is 0 Å². The van der Waals surface area contributed by atoms with Gasteiger partial charge in [0, 0.05) is 41.1 Å². The third-order valence-electron chi connectivity index (χ3n) is 0. The SMILES string of the molecule is CS(=O)(=O)[O-].CS(=O)(=O)[O-].CS(=O)(=O)[O-].[Ag]. The topological polar surface area (TPSA) is 172 Å². The van der Waals surface area contributed by atoms with E-state index in [9.17, 15) is 0 Å². The summed E-state index contributed by atoms with van der Waals surface area (Å²) in [7, 11) is -11.8. The first kappa shape index (κ1) is 25.3. The van der Waals surface area contributed by atoms with Gasteiger partial charge in [0.1, 0.15) is 0 Å². The van der Waals surface area contributed by atoms with Crippen LogP contribution in [-0.4, -0.2) is 57.7 Å². The Bertz CT molecular complexity index is 347. The maximum absolute atomic E-state index is 9.08. The van der Waals surface area contributed by atoms with Crippen molar-refractivity contribution in [2.75, 3.05) is 18.8 Å². The van der Waals surface area contributed by atoms with Crippen molar-refractivity contribution in [1.82, 2.24) is 0 Å². The standard InChI is InChI=1S/3CH4O3S.Ag/c3*1-5(2,3)4;/h3*1H3,(H,2,3,4);/p-3. The molecule has 0 bridgehead atoms. The van der Waals surface area contributed by atoms with Crippen molar-refractivity contribution in [2.24, 2.45) is 0 Å². The summed E-state index contributed by atoms with van der Waals surface area (Å²) >= 11 is 0. The molecule has 0 aliphatic carbocycles. The van der Waals surface area contributed by atoms with E-state index in [2.05, 4.69) is 0 Å². The average Bonchev–Trinajstić information content (AvgIpc) is 1.41. The molecular formula is C3H9AgO9S3-3. The Morgan fingerprint density at radius 3 is 0.562 bits per heavy atom. The molecule has 13 heteroatoms. The minimum absolute atomic E-state index is 0. The van der Waals surface area contributed by atoms with Gasteiger partial charge in [-0.3, -0.25) is 0 Å². The maximum atomic E-state index is 9.08. The summed E-state index contributed by atoms with van der Waals surface area (Å²) in [6.07, 6.45) is 1.81. The van der Waals surface area contributed by atoms with Crippen molar-refractivity contribution < 1.29 is 61.3 Å². The smallest absolute Gasteiger partial charge is 0.0916 e. The number of hydrogen-bond donors (Lipinski definition) is 0. The molecule has 0 saturated carbocycles. The second-order valence-corrected chi connectivity index (χ2v) is 6.34. The van der Waals surface area contributed by atoms with Crippen LogP contribution in [-0.2, 0) is 52.7 Å². The summed E-state index contributed by atoms with van der Waals surface area (Å²) < 4.78 is 81.7. The molecule has 0 aromatic heterocycles. The first-order valence-corrected chi connectivity index (χ1v) is 8.17. The van der Waals surface area contributed by atoms with E-state index in [1.54, 1.807) is 0 Å². The fourth-order valence-corrected chi connectivity index (χ4v) is 0. The van der Waals surface area contributed by atoms with E-state index in [1.165, 1.54) is 0 Å². The van der Waals surface area contributed by atoms with Gasteiger partial charge in [0.2, 0.25) is 0 Å². The van der Waals surface area contributed by atoms with Crippen LogP contribution in [0.15, 0.2) is 0 Å². The number of rotatable bonds is 0. The van der Waals surface area contributed by atoms with Gasteiger partial charge in [-0.2, -0.15) is 0 Å². The quantitative estimate of drug-likeness (QED) is 0.318. The Labute approximate surface area is 110 Å². The molecule has 16 heavy (non-hydrogen) atoms. The molecular weight excluding hydrogens is 384 g/mol. The van der Waals surface area contributed by atoms with Crippen LogP contribution < -0.4 is 0 Å². The van der Waals surface area contributed by atoms with Crippen molar-refractivity contribution >= 4 is 30.4 Å². The van der Waals surface area contributed by atoms with Gasteiger partial charge in [-0.05, 0) is 0 Å². The van der Waals surface area contributed by atoms with Gasteiger partial charge in [0.05, 0.1) is 30.4 Å². The molecule has 0 aromatic carbocycles. The van der Waals surface area contributed by atoms with E-state index >= 15 is 0 Å². The van der Waals surface area contributed by atoms with Gasteiger partial charge >= 0.3 is 0 Å². The summed E-state index contributed by atoms with van der Waals surface area (Å²) in [5.74, 6) is 0. The molecule has 0 unspecified atom stereocenters. The third kappa shape index (κ3) is 11900. The van der Waals surface area contributed by atoms with Crippen LogP contribution in [0.5, 0.6) is 0 Å². The summed E-state index contributed by atoms with van der Waals surface area (Å²) in [5.41, 5.74) is 0. The van der Waals surface area contributed by atoms with Crippen LogP contribution in [0.2, 0.25) is 0 Å². The summed E-state index contributed by atoms with van der Waals surface area (Å²) in [6.45, 7) is 0. The zero-order valence-electron chi connectivity index (χ0n) is 8.20. The molecule has 9 nitrogen and oxygen atoms in total. The molecule has 0 aliphatic heterocycles. The molecule has 0 amide bonds. The first-order chi connectivity index (χ1) is 6.00. The van der Waals surface area contributed by atoms with Crippen molar-refractivity contribution in [2.45, 2.75) is 0 Å². The van der Waals surface area contributed by atoms with Crippen molar-refractivity contribution in [3.63, 3.8) is 0 Å². The summed E-state index contributed by atoms with van der Waals surface area (Å²) in [6, 6.07) is 0. The Morgan fingerprint density at radius 2 is 0.562 bits per heavy atom. The zero-order valence-corrected chi connectivity index (χ0v) is 12.1. The van der Waals surface area contributed by atoms with Gasteiger partial charge in [-0.1, -0.05) is 0 Å². The molecule has 0 saturated heterocycles. The van der Waals surface area contributed by atoms with E-state index < -0.39 is 30.4 Å². The van der Waals surface area contributed by atoms with E-state index in [-0.39, 0.29) is 22.4 Å². The molecule has 0 heterocycles. The summed E-state index contributed by atoms with van der Waals surface area (Å²) in [4.78, 5) is 0. The molecule has 0 N–H and O–H groups in total. The van der Waals surface area contributed by atoms with Crippen LogP contribution in [0.25, 0.3) is 0 Å². The van der Waals surface area contributed by atoms with Crippen LogP contribution in [0.3, 0.4) is 0 Å². The summed E-state index contributed by atoms with van der Waals surface area (Å²) in [5, 5.41) is 0. The van der Waals surface area contributed by atoms with E-state index in [0.29, 0.717) is 18.8 Å². The molecule has 0 aromatic rings. The van der Waals surface area contributed by atoms with E-state index in [1.807, 2.05) is 0 Å². The fourth-order valence-electron chi connectivity index (χ4n) is 0. The monoisotopic (exact) mass is 392 g/mol. The molecule has 0 spiro atoms. The Hall–Kier alpha value is 0.470. The van der Waals surface area contributed by atoms with Crippen molar-refractivity contribution in [1.29, 1.82) is 0 Å². The molecule has 1 radical (unpaired) electrons. The second-order valence-electron chi connectivity index (χ2n) is 2.11. The minimum Gasteiger partial charge on any atom is -0.748 e. The zero-order chi connectivity index (χ0) is 13.5. The predicted octanol–water partition coefficient (Wildman–Crippen LogP) is -2.52. The van der Waals surface area contributed by atoms with Gasteiger partial charge in [-0.25, -0.2) is 25.3 Å². The second kappa shape index (κ2) is 9.50. The minimum atomic E-state index is -3.92. The van der Waals surface area contributed by atoms with Gasteiger partial charge in [0.25, 0.3) is 0 Å². The first-order valence-electron chi connectivity index (χ1n) is 2.72. The number of hydrogen-bond acceptors (Lipinski definition) is 9. The van der Waals surface area contributed by atoms with Crippen LogP contribution in [0.1, 0.15) is 0 Å². The van der Waals surface area contributed by atoms with Gasteiger partial charge in [-0.15, -0.1) is 0 Å². The predicted molar refractivity (Wildman–Crippen MR) is 46.9 cm³/mol. The van der Waals surface area contributed by atoms with E-state index in [0.717, 1.165) is 0 Å².